The van der Waals surface area contributed by atoms with Crippen molar-refractivity contribution in [3.63, 3.8) is 0 Å². The highest BCUT2D eigenvalue weighted by Gasteiger charge is 2.57. The molecule has 2 rings (SSSR count). The molecule has 0 aliphatic rings. The van der Waals surface area contributed by atoms with Gasteiger partial charge < -0.3 is 11.5 Å². The minimum atomic E-state index is -1.53. The third-order valence-electron chi connectivity index (χ3n) is 7.23. The number of aryl methyl sites for hydroxylation is 6. The first kappa shape index (κ1) is 24.8. The number of hydrogen-bond acceptors (Lipinski definition) is 0. The fraction of sp³-hybridized carbons (Fsp3) is 0.500. The van der Waals surface area contributed by atoms with E-state index in [0.29, 0.717) is 0 Å². The van der Waals surface area contributed by atoms with Gasteiger partial charge >= 0.3 is 0 Å². The van der Waals surface area contributed by atoms with Crippen LogP contribution in [0, 0.1) is 41.5 Å². The van der Waals surface area contributed by atoms with Gasteiger partial charge in [0.1, 0.15) is 0 Å². The van der Waals surface area contributed by atoms with E-state index in [-0.39, 0.29) is 6.02 Å². The van der Waals surface area contributed by atoms with Gasteiger partial charge in [0, 0.05) is 18.5 Å². The summed E-state index contributed by atoms with van der Waals surface area (Å²) < 4.78 is 0. The molecular weight excluding hydrogens is 412 g/mol. The molecule has 0 radical (unpaired) electrons. The first-order valence-corrected chi connectivity index (χ1v) is 14.3. The lowest BCUT2D eigenvalue weighted by Crippen LogP contribution is -2.64. The molecule has 0 amide bonds. The molecule has 0 saturated heterocycles. The van der Waals surface area contributed by atoms with Crippen LogP contribution in [0.3, 0.4) is 0 Å². The van der Waals surface area contributed by atoms with Crippen LogP contribution in [0.15, 0.2) is 24.3 Å². The first-order chi connectivity index (χ1) is 13.5. The van der Waals surface area contributed by atoms with Crippen LogP contribution in [-0.4, -0.2) is 29.7 Å². The molecule has 0 aromatic heterocycles. The van der Waals surface area contributed by atoms with E-state index in [0.717, 1.165) is 18.5 Å². The summed E-state index contributed by atoms with van der Waals surface area (Å²) in [6, 6.07) is 8.88. The van der Waals surface area contributed by atoms with Crippen molar-refractivity contribution in [2.24, 2.45) is 0 Å². The van der Waals surface area contributed by atoms with Crippen molar-refractivity contribution in [2.75, 3.05) is 18.5 Å². The monoisotopic (exact) mass is 448 g/mol. The van der Waals surface area contributed by atoms with Gasteiger partial charge in [-0.3, -0.25) is 0 Å². The standard InChI is InChI=1S/C24H37B2Cl2P/c1-10-29(11-2,12-3)26(28,24-21(8)15-18(5)16-22(24)9)25(27)23-19(6)13-17(4)14-20(23)7/h13-16H,10-12H2,1-9H3/t26-/m1/s1. The normalized spacial score (nSPS) is 14.0. The van der Waals surface area contributed by atoms with Crippen LogP contribution in [0.4, 0.5) is 0 Å². The van der Waals surface area contributed by atoms with Gasteiger partial charge in [-0.05, 0) is 62.3 Å². The van der Waals surface area contributed by atoms with E-state index in [4.69, 9.17) is 22.9 Å². The van der Waals surface area contributed by atoms with Gasteiger partial charge in [0.25, 0.3) is 5.17 Å². The highest BCUT2D eigenvalue weighted by atomic mass is 35.5. The Morgan fingerprint density at radius 1 is 0.724 bits per heavy atom. The number of benzene rings is 2. The Labute approximate surface area is 190 Å². The van der Waals surface area contributed by atoms with Crippen LogP contribution in [0.25, 0.3) is 0 Å². The maximum absolute atomic E-state index is 8.00. The number of halogens is 2. The van der Waals surface area contributed by atoms with Crippen LogP contribution < -0.4 is 10.9 Å². The van der Waals surface area contributed by atoms with Crippen LogP contribution >= 0.6 is 30.1 Å². The third-order valence-corrected chi connectivity index (χ3v) is 15.8. The van der Waals surface area contributed by atoms with Crippen molar-refractivity contribution >= 4 is 52.2 Å². The summed E-state index contributed by atoms with van der Waals surface area (Å²) in [5.74, 6) is 0. The largest absolute Gasteiger partial charge is 0.337 e. The molecule has 0 N–H and O–H groups in total. The quantitative estimate of drug-likeness (QED) is 0.326. The fourth-order valence-corrected chi connectivity index (χ4v) is 13.3. The Kier molecular flexibility index (Phi) is 8.04. The maximum Gasteiger partial charge on any atom is 0.264 e. The Balaban J connectivity index is 2.94. The molecule has 1 atom stereocenters. The Morgan fingerprint density at radius 2 is 1.07 bits per heavy atom. The van der Waals surface area contributed by atoms with Crippen molar-refractivity contribution in [3.8, 4) is 0 Å². The maximum atomic E-state index is 8.00. The Bertz CT molecular complexity index is 838. The lowest BCUT2D eigenvalue weighted by Gasteiger charge is -2.50. The molecule has 0 aliphatic heterocycles. The zero-order valence-electron chi connectivity index (χ0n) is 19.8. The van der Waals surface area contributed by atoms with Gasteiger partial charge in [-0.2, -0.15) is 5.46 Å². The molecule has 0 saturated carbocycles. The second-order valence-electron chi connectivity index (χ2n) is 8.97. The zero-order valence-corrected chi connectivity index (χ0v) is 22.2. The van der Waals surface area contributed by atoms with Crippen LogP contribution in [0.5, 0.6) is 0 Å². The minimum absolute atomic E-state index is 0.203. The Morgan fingerprint density at radius 3 is 1.41 bits per heavy atom. The molecule has 2 aromatic carbocycles. The van der Waals surface area contributed by atoms with Crippen molar-refractivity contribution in [1.82, 2.24) is 0 Å². The zero-order chi connectivity index (χ0) is 22.1. The van der Waals surface area contributed by atoms with Gasteiger partial charge in [0.05, 0.1) is 0 Å². The molecule has 29 heavy (non-hydrogen) atoms. The average molecular weight is 449 g/mol. The molecule has 0 aliphatic carbocycles. The Hall–Kier alpha value is -0.420. The second-order valence-corrected chi connectivity index (χ2v) is 15.6. The first-order valence-electron chi connectivity index (χ1n) is 11.0. The molecule has 0 spiro atoms. The van der Waals surface area contributed by atoms with Gasteiger partial charge in [-0.1, -0.05) is 63.1 Å². The lowest BCUT2D eigenvalue weighted by atomic mass is 9.27. The van der Waals surface area contributed by atoms with E-state index < -0.39 is 12.3 Å². The van der Waals surface area contributed by atoms with E-state index in [2.05, 4.69) is 86.6 Å². The summed E-state index contributed by atoms with van der Waals surface area (Å²) >= 11 is 15.5. The van der Waals surface area contributed by atoms with Crippen LogP contribution in [0.2, 0.25) is 0 Å². The lowest BCUT2D eigenvalue weighted by molar-refractivity contribution is 1.32. The van der Waals surface area contributed by atoms with Gasteiger partial charge in [-0.25, -0.2) is 11.5 Å². The van der Waals surface area contributed by atoms with E-state index in [1.165, 1.54) is 44.3 Å². The molecule has 0 unspecified atom stereocenters. The summed E-state index contributed by atoms with van der Waals surface area (Å²) in [6.45, 7) is 20.1. The summed E-state index contributed by atoms with van der Waals surface area (Å²) in [6.07, 6.45) is 3.39. The predicted octanol–water partition coefficient (Wildman–Crippen LogP) is 6.72. The molecule has 0 heterocycles. The van der Waals surface area contributed by atoms with Gasteiger partial charge in [0.2, 0.25) is 0 Å². The summed E-state index contributed by atoms with van der Waals surface area (Å²) in [7, 11) is -1.53. The summed E-state index contributed by atoms with van der Waals surface area (Å²) in [5.41, 5.74) is 10.3. The third kappa shape index (κ3) is 4.20. The van der Waals surface area contributed by atoms with Crippen molar-refractivity contribution in [1.29, 1.82) is 0 Å². The number of rotatable bonds is 7. The molecule has 2 aromatic rings. The highest BCUT2D eigenvalue weighted by Crippen LogP contribution is 2.68. The smallest absolute Gasteiger partial charge is 0.264 e. The molecule has 0 bridgehead atoms. The van der Waals surface area contributed by atoms with E-state index in [1.54, 1.807) is 0 Å². The molecule has 0 fully saturated rings. The van der Waals surface area contributed by atoms with Crippen molar-refractivity contribution < 1.29 is 0 Å². The van der Waals surface area contributed by atoms with Crippen molar-refractivity contribution in [2.45, 2.75) is 62.3 Å². The fourth-order valence-electron chi connectivity index (χ4n) is 5.84. The topological polar surface area (TPSA) is 0 Å². The summed E-state index contributed by atoms with van der Waals surface area (Å²) in [4.78, 5) is 0. The molecule has 5 heteroatoms. The van der Waals surface area contributed by atoms with Crippen molar-refractivity contribution in [3.05, 3.63) is 57.6 Å². The van der Waals surface area contributed by atoms with Crippen LogP contribution in [-0.2, 0) is 0 Å². The predicted molar refractivity (Wildman–Crippen MR) is 142 cm³/mol. The highest BCUT2D eigenvalue weighted by molar-refractivity contribution is 8.26. The minimum Gasteiger partial charge on any atom is -0.337 e. The average Bonchev–Trinajstić information content (AvgIpc) is 2.61. The molecule has 0 nitrogen and oxygen atoms in total. The SMILES string of the molecule is CC[P+](CC)(CC)[B@@-](Cl)(B(Cl)c1c(C)cc(C)cc1C)c1c(C)cc(C)cc1C. The van der Waals surface area contributed by atoms with E-state index in [1.807, 2.05) is 0 Å². The second kappa shape index (κ2) is 9.38. The molecular formula is C24H37B2Cl2P. The summed E-state index contributed by atoms with van der Waals surface area (Å²) in [5, 5.41) is -1.49. The van der Waals surface area contributed by atoms with Gasteiger partial charge in [-0.15, -0.1) is 7.14 Å². The van der Waals surface area contributed by atoms with E-state index in [9.17, 15) is 0 Å². The van der Waals surface area contributed by atoms with Gasteiger partial charge in [0.15, 0.2) is 6.02 Å². The van der Waals surface area contributed by atoms with E-state index >= 15 is 0 Å². The van der Waals surface area contributed by atoms with Crippen LogP contribution in [0.1, 0.15) is 54.2 Å². The number of hydrogen-bond donors (Lipinski definition) is 0. The molecule has 158 valence electrons.